The number of nitrogens with two attached hydrogens (primary N) is 1. The standard InChI is InChI=1S/C17H18N4O4S/c1-10(2)16-21-14-9-12(5-8-15(14)25-16)20-17(22)19-11-3-6-13(7-4-11)26(18,23)24/h3-10H,1-2H3,(H2,18,23,24)(H2,19,20,22). The molecule has 0 fully saturated rings. The summed E-state index contributed by atoms with van der Waals surface area (Å²) in [5.41, 5.74) is 2.29. The fraction of sp³-hybridized carbons (Fsp3) is 0.176. The summed E-state index contributed by atoms with van der Waals surface area (Å²) in [5.74, 6) is 0.805. The van der Waals surface area contributed by atoms with Gasteiger partial charge in [-0.15, -0.1) is 0 Å². The molecule has 0 saturated carbocycles. The van der Waals surface area contributed by atoms with E-state index in [4.69, 9.17) is 9.56 Å². The van der Waals surface area contributed by atoms with Crippen molar-refractivity contribution in [1.29, 1.82) is 0 Å². The molecule has 3 rings (SSSR count). The number of sulfonamides is 1. The molecule has 0 unspecified atom stereocenters. The second kappa shape index (κ2) is 6.77. The van der Waals surface area contributed by atoms with Gasteiger partial charge in [-0.2, -0.15) is 0 Å². The van der Waals surface area contributed by atoms with E-state index >= 15 is 0 Å². The van der Waals surface area contributed by atoms with Gasteiger partial charge in [0, 0.05) is 17.3 Å². The van der Waals surface area contributed by atoms with Crippen LogP contribution in [0.25, 0.3) is 11.1 Å². The zero-order chi connectivity index (χ0) is 18.9. The van der Waals surface area contributed by atoms with Crippen molar-refractivity contribution in [2.45, 2.75) is 24.7 Å². The minimum absolute atomic E-state index is 0.0269. The predicted molar refractivity (Wildman–Crippen MR) is 98.6 cm³/mol. The van der Waals surface area contributed by atoms with E-state index in [1.807, 2.05) is 13.8 Å². The molecular weight excluding hydrogens is 356 g/mol. The Kier molecular flexibility index (Phi) is 4.66. The topological polar surface area (TPSA) is 127 Å². The van der Waals surface area contributed by atoms with E-state index in [2.05, 4.69) is 15.6 Å². The SMILES string of the molecule is CC(C)c1nc2cc(NC(=O)Nc3ccc(S(N)(=O)=O)cc3)ccc2o1. The lowest BCUT2D eigenvalue weighted by Crippen LogP contribution is -2.19. The number of aromatic nitrogens is 1. The molecule has 3 aromatic rings. The maximum absolute atomic E-state index is 12.1. The predicted octanol–water partition coefficient (Wildman–Crippen LogP) is 3.24. The number of hydrogen-bond donors (Lipinski definition) is 3. The van der Waals surface area contributed by atoms with Gasteiger partial charge in [-0.3, -0.25) is 0 Å². The minimum Gasteiger partial charge on any atom is -0.440 e. The van der Waals surface area contributed by atoms with Gasteiger partial charge in [0.15, 0.2) is 11.5 Å². The van der Waals surface area contributed by atoms with Crippen LogP contribution in [0.2, 0.25) is 0 Å². The number of primary sulfonamides is 1. The largest absolute Gasteiger partial charge is 0.440 e. The molecule has 0 aliphatic heterocycles. The molecule has 2 aromatic carbocycles. The number of oxazole rings is 1. The zero-order valence-electron chi connectivity index (χ0n) is 14.2. The smallest absolute Gasteiger partial charge is 0.323 e. The number of amides is 2. The van der Waals surface area contributed by atoms with Crippen LogP contribution in [0.4, 0.5) is 16.2 Å². The third-order valence-corrected chi connectivity index (χ3v) is 4.53. The first kappa shape index (κ1) is 17.9. The highest BCUT2D eigenvalue weighted by Gasteiger charge is 2.11. The summed E-state index contributed by atoms with van der Waals surface area (Å²) in [4.78, 5) is 16.5. The molecule has 1 heterocycles. The Morgan fingerprint density at radius 3 is 2.31 bits per heavy atom. The second-order valence-electron chi connectivity index (χ2n) is 6.04. The monoisotopic (exact) mass is 374 g/mol. The Morgan fingerprint density at radius 1 is 1.08 bits per heavy atom. The molecule has 0 aliphatic rings. The quantitative estimate of drug-likeness (QED) is 0.646. The minimum atomic E-state index is -3.77. The molecule has 1 aromatic heterocycles. The second-order valence-corrected chi connectivity index (χ2v) is 7.60. The third kappa shape index (κ3) is 4.01. The summed E-state index contributed by atoms with van der Waals surface area (Å²) < 4.78 is 28.1. The van der Waals surface area contributed by atoms with Crippen LogP contribution in [0.15, 0.2) is 51.8 Å². The van der Waals surface area contributed by atoms with Crippen LogP contribution in [0.3, 0.4) is 0 Å². The number of urea groups is 1. The average molecular weight is 374 g/mol. The highest BCUT2D eigenvalue weighted by atomic mass is 32.2. The molecule has 136 valence electrons. The molecule has 8 nitrogen and oxygen atoms in total. The molecule has 0 aliphatic carbocycles. The first-order valence-corrected chi connectivity index (χ1v) is 9.38. The van der Waals surface area contributed by atoms with Crippen molar-refractivity contribution in [3.05, 3.63) is 48.4 Å². The molecule has 4 N–H and O–H groups in total. The lowest BCUT2D eigenvalue weighted by atomic mass is 10.2. The Morgan fingerprint density at radius 2 is 1.69 bits per heavy atom. The van der Waals surface area contributed by atoms with Crippen molar-refractivity contribution in [3.63, 3.8) is 0 Å². The van der Waals surface area contributed by atoms with Gasteiger partial charge in [-0.05, 0) is 42.5 Å². The molecule has 0 saturated heterocycles. The van der Waals surface area contributed by atoms with Crippen LogP contribution in [0.5, 0.6) is 0 Å². The molecule has 0 radical (unpaired) electrons. The van der Waals surface area contributed by atoms with E-state index in [1.165, 1.54) is 24.3 Å². The molecule has 0 atom stereocenters. The lowest BCUT2D eigenvalue weighted by molar-refractivity contribution is 0.262. The van der Waals surface area contributed by atoms with Gasteiger partial charge in [-0.25, -0.2) is 23.3 Å². The average Bonchev–Trinajstić information content (AvgIpc) is 2.98. The van der Waals surface area contributed by atoms with E-state index < -0.39 is 16.1 Å². The molecular formula is C17H18N4O4S. The normalized spacial score (nSPS) is 11.7. The zero-order valence-corrected chi connectivity index (χ0v) is 15.0. The number of carbonyl (C=O) groups excluding carboxylic acids is 1. The number of benzene rings is 2. The van der Waals surface area contributed by atoms with Gasteiger partial charge >= 0.3 is 6.03 Å². The molecule has 0 spiro atoms. The highest BCUT2D eigenvalue weighted by Crippen LogP contribution is 2.24. The van der Waals surface area contributed by atoms with Crippen molar-refractivity contribution in [2.75, 3.05) is 10.6 Å². The van der Waals surface area contributed by atoms with Crippen LogP contribution in [-0.2, 0) is 10.0 Å². The summed E-state index contributed by atoms with van der Waals surface area (Å²) in [6.45, 7) is 3.97. The number of rotatable bonds is 4. The van der Waals surface area contributed by atoms with E-state index in [-0.39, 0.29) is 10.8 Å². The van der Waals surface area contributed by atoms with Gasteiger partial charge in [0.25, 0.3) is 0 Å². The molecule has 2 amide bonds. The molecule has 0 bridgehead atoms. The van der Waals surface area contributed by atoms with Crippen molar-refractivity contribution in [2.24, 2.45) is 5.14 Å². The van der Waals surface area contributed by atoms with Gasteiger partial charge in [0.1, 0.15) is 5.52 Å². The summed E-state index contributed by atoms with van der Waals surface area (Å²) in [7, 11) is -3.77. The van der Waals surface area contributed by atoms with Crippen LogP contribution in [-0.4, -0.2) is 19.4 Å². The van der Waals surface area contributed by atoms with E-state index in [9.17, 15) is 13.2 Å². The Balaban J connectivity index is 1.70. The van der Waals surface area contributed by atoms with E-state index in [1.54, 1.807) is 18.2 Å². The number of nitrogens with one attached hydrogen (secondary N) is 2. The summed E-state index contributed by atoms with van der Waals surface area (Å²) in [6.07, 6.45) is 0. The summed E-state index contributed by atoms with van der Waals surface area (Å²) in [6, 6.07) is 10.2. The summed E-state index contributed by atoms with van der Waals surface area (Å²) >= 11 is 0. The third-order valence-electron chi connectivity index (χ3n) is 3.60. The van der Waals surface area contributed by atoms with Crippen LogP contribution < -0.4 is 15.8 Å². The van der Waals surface area contributed by atoms with E-state index in [0.717, 1.165) is 0 Å². The number of fused-ring (bicyclic) bond motifs is 1. The maximum Gasteiger partial charge on any atom is 0.323 e. The number of anilines is 2. The van der Waals surface area contributed by atoms with Crippen molar-refractivity contribution in [1.82, 2.24) is 4.98 Å². The maximum atomic E-state index is 12.1. The molecule has 9 heteroatoms. The summed E-state index contributed by atoms with van der Waals surface area (Å²) in [5, 5.41) is 10.3. The first-order chi connectivity index (χ1) is 12.2. The van der Waals surface area contributed by atoms with Crippen LogP contribution in [0, 0.1) is 0 Å². The van der Waals surface area contributed by atoms with Gasteiger partial charge < -0.3 is 15.1 Å². The number of carbonyl (C=O) groups is 1. The molecule has 26 heavy (non-hydrogen) atoms. The fourth-order valence-corrected chi connectivity index (χ4v) is 2.81. The van der Waals surface area contributed by atoms with Crippen LogP contribution >= 0.6 is 0 Å². The van der Waals surface area contributed by atoms with Gasteiger partial charge in [-0.1, -0.05) is 13.8 Å². The highest BCUT2D eigenvalue weighted by molar-refractivity contribution is 7.89. The number of hydrogen-bond acceptors (Lipinski definition) is 5. The lowest BCUT2D eigenvalue weighted by Gasteiger charge is -2.08. The fourth-order valence-electron chi connectivity index (χ4n) is 2.29. The van der Waals surface area contributed by atoms with Gasteiger partial charge in [0.2, 0.25) is 10.0 Å². The van der Waals surface area contributed by atoms with Gasteiger partial charge in [0.05, 0.1) is 4.90 Å². The number of nitrogens with zero attached hydrogens (tertiary/aromatic N) is 1. The van der Waals surface area contributed by atoms with Crippen LogP contribution in [0.1, 0.15) is 25.7 Å². The first-order valence-electron chi connectivity index (χ1n) is 7.84. The van der Waals surface area contributed by atoms with Crippen molar-refractivity contribution < 1.29 is 17.6 Å². The Hall–Kier alpha value is -2.91. The Bertz CT molecular complexity index is 1060. The Labute approximate surface area is 150 Å². The van der Waals surface area contributed by atoms with E-state index in [0.29, 0.717) is 28.4 Å². The van der Waals surface area contributed by atoms with Crippen molar-refractivity contribution in [3.8, 4) is 0 Å². The van der Waals surface area contributed by atoms with Crippen molar-refractivity contribution >= 4 is 38.5 Å².